The Morgan fingerprint density at radius 2 is 1.75 bits per heavy atom. The van der Waals surface area contributed by atoms with E-state index in [1.807, 2.05) is 48.5 Å². The van der Waals surface area contributed by atoms with E-state index in [1.54, 1.807) is 16.2 Å². The fourth-order valence-electron chi connectivity index (χ4n) is 2.82. The number of fused-ring (bicyclic) bond motifs is 1. The number of hydrogen-bond acceptors (Lipinski definition) is 3. The third-order valence-corrected chi connectivity index (χ3v) is 4.22. The van der Waals surface area contributed by atoms with Gasteiger partial charge in [-0.1, -0.05) is 31.2 Å². The van der Waals surface area contributed by atoms with E-state index in [2.05, 4.69) is 6.92 Å². The fraction of sp³-hybridized carbons (Fsp3) is 0.316. The summed E-state index contributed by atoms with van der Waals surface area (Å²) in [6, 6.07) is 15.4. The van der Waals surface area contributed by atoms with Gasteiger partial charge in [0.2, 0.25) is 0 Å². The summed E-state index contributed by atoms with van der Waals surface area (Å²) in [5.41, 5.74) is 2.77. The second-order valence-corrected chi connectivity index (χ2v) is 5.90. The maximum atomic E-state index is 12.3. The van der Waals surface area contributed by atoms with Gasteiger partial charge < -0.3 is 9.84 Å². The van der Waals surface area contributed by atoms with Gasteiger partial charge >= 0.3 is 5.69 Å². The summed E-state index contributed by atoms with van der Waals surface area (Å²) in [6.45, 7) is 2.44. The van der Waals surface area contributed by atoms with Crippen molar-refractivity contribution in [2.45, 2.75) is 26.0 Å². The fourth-order valence-corrected chi connectivity index (χ4v) is 2.82. The second-order valence-electron chi connectivity index (χ2n) is 5.90. The maximum Gasteiger partial charge on any atom is 0.328 e. The number of aryl methyl sites for hydroxylation is 2. The number of benzene rings is 2. The van der Waals surface area contributed by atoms with Gasteiger partial charge in [0.15, 0.2) is 0 Å². The molecule has 5 nitrogen and oxygen atoms in total. The first-order valence-electron chi connectivity index (χ1n) is 8.14. The normalized spacial score (nSPS) is 12.5. The van der Waals surface area contributed by atoms with Gasteiger partial charge in [0.1, 0.15) is 18.5 Å². The predicted molar refractivity (Wildman–Crippen MR) is 94.5 cm³/mol. The molecule has 3 rings (SSSR count). The van der Waals surface area contributed by atoms with Crippen LogP contribution in [-0.4, -0.2) is 27.0 Å². The number of ether oxygens (including phenoxy) is 1. The molecule has 1 atom stereocenters. The molecule has 1 N–H and O–H groups in total. The Balaban J connectivity index is 1.70. The highest BCUT2D eigenvalue weighted by atomic mass is 16.5. The van der Waals surface area contributed by atoms with E-state index in [4.69, 9.17) is 4.74 Å². The minimum atomic E-state index is -0.764. The molecule has 0 spiro atoms. The van der Waals surface area contributed by atoms with Gasteiger partial charge in [0.05, 0.1) is 17.6 Å². The van der Waals surface area contributed by atoms with Crippen molar-refractivity contribution >= 4 is 11.0 Å². The zero-order chi connectivity index (χ0) is 17.1. The van der Waals surface area contributed by atoms with Crippen molar-refractivity contribution in [3.63, 3.8) is 0 Å². The lowest BCUT2D eigenvalue weighted by molar-refractivity contribution is 0.0925. The predicted octanol–water partition coefficient (Wildman–Crippen LogP) is 2.34. The largest absolute Gasteiger partial charge is 0.491 e. The monoisotopic (exact) mass is 326 g/mol. The molecule has 126 valence electrons. The molecule has 2 aromatic carbocycles. The summed E-state index contributed by atoms with van der Waals surface area (Å²) >= 11 is 0. The SMILES string of the molecule is CCc1ccc(OCC(O)Cn2c(=O)n(C)c3ccccc32)cc1. The van der Waals surface area contributed by atoms with E-state index in [0.29, 0.717) is 0 Å². The number of rotatable bonds is 6. The van der Waals surface area contributed by atoms with Crippen LogP contribution in [0.2, 0.25) is 0 Å². The van der Waals surface area contributed by atoms with Gasteiger partial charge in [0, 0.05) is 7.05 Å². The van der Waals surface area contributed by atoms with Crippen molar-refractivity contribution in [3.05, 3.63) is 64.6 Å². The van der Waals surface area contributed by atoms with Crippen LogP contribution in [0.4, 0.5) is 0 Å². The van der Waals surface area contributed by atoms with E-state index < -0.39 is 6.10 Å². The first kappa shape index (κ1) is 16.3. The van der Waals surface area contributed by atoms with Crippen LogP contribution in [0.3, 0.4) is 0 Å². The zero-order valence-corrected chi connectivity index (χ0v) is 14.0. The highest BCUT2D eigenvalue weighted by Crippen LogP contribution is 2.14. The minimum Gasteiger partial charge on any atom is -0.491 e. The quantitative estimate of drug-likeness (QED) is 0.756. The third-order valence-electron chi connectivity index (χ3n) is 4.22. The molecule has 1 aromatic heterocycles. The molecular formula is C19H22N2O3. The molecule has 0 bridgehead atoms. The Morgan fingerprint density at radius 3 is 2.42 bits per heavy atom. The Labute approximate surface area is 140 Å². The lowest BCUT2D eigenvalue weighted by Gasteiger charge is -2.13. The molecule has 0 radical (unpaired) electrons. The average molecular weight is 326 g/mol. The van der Waals surface area contributed by atoms with E-state index in [1.165, 1.54) is 5.56 Å². The van der Waals surface area contributed by atoms with Crippen molar-refractivity contribution in [2.75, 3.05) is 6.61 Å². The number of para-hydroxylation sites is 2. The Morgan fingerprint density at radius 1 is 1.08 bits per heavy atom. The van der Waals surface area contributed by atoms with Crippen LogP contribution in [0.1, 0.15) is 12.5 Å². The molecule has 5 heteroatoms. The first-order chi connectivity index (χ1) is 11.6. The highest BCUT2D eigenvalue weighted by Gasteiger charge is 2.14. The van der Waals surface area contributed by atoms with Crippen molar-refractivity contribution in [2.24, 2.45) is 7.05 Å². The van der Waals surface area contributed by atoms with Crippen LogP contribution >= 0.6 is 0 Å². The average Bonchev–Trinajstić information content (AvgIpc) is 2.86. The topological polar surface area (TPSA) is 56.4 Å². The maximum absolute atomic E-state index is 12.3. The van der Waals surface area contributed by atoms with Gasteiger partial charge in [-0.05, 0) is 36.2 Å². The van der Waals surface area contributed by atoms with Crippen LogP contribution in [0, 0.1) is 0 Å². The van der Waals surface area contributed by atoms with Crippen molar-refractivity contribution in [1.29, 1.82) is 0 Å². The Hall–Kier alpha value is -2.53. The van der Waals surface area contributed by atoms with Gasteiger partial charge in [0.25, 0.3) is 0 Å². The number of aliphatic hydroxyl groups is 1. The lowest BCUT2D eigenvalue weighted by Crippen LogP contribution is -2.30. The molecule has 0 aliphatic carbocycles. The van der Waals surface area contributed by atoms with Crippen molar-refractivity contribution in [1.82, 2.24) is 9.13 Å². The van der Waals surface area contributed by atoms with Crippen molar-refractivity contribution in [3.8, 4) is 5.75 Å². The van der Waals surface area contributed by atoms with Gasteiger partial charge in [-0.15, -0.1) is 0 Å². The van der Waals surface area contributed by atoms with E-state index in [0.717, 1.165) is 23.2 Å². The number of hydrogen-bond donors (Lipinski definition) is 1. The highest BCUT2D eigenvalue weighted by molar-refractivity contribution is 5.75. The van der Waals surface area contributed by atoms with Crippen LogP contribution < -0.4 is 10.4 Å². The number of imidazole rings is 1. The molecule has 0 fully saturated rings. The van der Waals surface area contributed by atoms with Crippen LogP contribution in [0.15, 0.2) is 53.3 Å². The summed E-state index contributed by atoms with van der Waals surface area (Å²) in [7, 11) is 1.74. The molecule has 0 saturated heterocycles. The molecule has 1 heterocycles. The summed E-state index contributed by atoms with van der Waals surface area (Å²) in [6.07, 6.45) is 0.215. The van der Waals surface area contributed by atoms with Crippen LogP contribution in [-0.2, 0) is 20.0 Å². The van der Waals surface area contributed by atoms with Crippen molar-refractivity contribution < 1.29 is 9.84 Å². The Bertz CT molecular complexity index is 878. The summed E-state index contributed by atoms with van der Waals surface area (Å²) in [5.74, 6) is 0.719. The molecule has 0 aliphatic rings. The summed E-state index contributed by atoms with van der Waals surface area (Å²) in [5, 5.41) is 10.3. The molecule has 1 unspecified atom stereocenters. The van der Waals surface area contributed by atoms with E-state index >= 15 is 0 Å². The molecule has 0 saturated carbocycles. The van der Waals surface area contributed by atoms with Crippen LogP contribution in [0.5, 0.6) is 5.75 Å². The van der Waals surface area contributed by atoms with Gasteiger partial charge in [-0.25, -0.2) is 4.79 Å². The molecular weight excluding hydrogens is 304 g/mol. The molecule has 24 heavy (non-hydrogen) atoms. The number of aromatic nitrogens is 2. The van der Waals surface area contributed by atoms with E-state index in [9.17, 15) is 9.90 Å². The second kappa shape index (κ2) is 6.93. The number of aliphatic hydroxyl groups excluding tert-OH is 1. The van der Waals surface area contributed by atoms with E-state index in [-0.39, 0.29) is 18.8 Å². The number of nitrogens with zero attached hydrogens (tertiary/aromatic N) is 2. The van der Waals surface area contributed by atoms with Crippen LogP contribution in [0.25, 0.3) is 11.0 Å². The smallest absolute Gasteiger partial charge is 0.328 e. The van der Waals surface area contributed by atoms with Gasteiger partial charge in [-0.2, -0.15) is 0 Å². The Kier molecular flexibility index (Phi) is 4.71. The summed E-state index contributed by atoms with van der Waals surface area (Å²) in [4.78, 5) is 12.3. The lowest BCUT2D eigenvalue weighted by atomic mass is 10.2. The molecule has 0 aliphatic heterocycles. The minimum absolute atomic E-state index is 0.137. The zero-order valence-electron chi connectivity index (χ0n) is 14.0. The van der Waals surface area contributed by atoms with Gasteiger partial charge in [-0.3, -0.25) is 9.13 Å². The third kappa shape index (κ3) is 3.21. The molecule has 3 aromatic rings. The first-order valence-corrected chi connectivity index (χ1v) is 8.14. The standard InChI is InChI=1S/C19H22N2O3/c1-3-14-8-10-16(11-9-14)24-13-15(22)12-21-18-7-5-4-6-17(18)20(2)19(21)23/h4-11,15,22H,3,12-13H2,1-2H3. The summed E-state index contributed by atoms with van der Waals surface area (Å²) < 4.78 is 8.80. The molecule has 0 amide bonds.